The van der Waals surface area contributed by atoms with Crippen molar-refractivity contribution in [3.8, 4) is 5.75 Å². The van der Waals surface area contributed by atoms with E-state index in [1.807, 2.05) is 42.5 Å². The number of hydrogen-bond donors (Lipinski definition) is 2. The minimum absolute atomic E-state index is 0.0984. The molecule has 2 aromatic carbocycles. The van der Waals surface area contributed by atoms with Crippen LogP contribution < -0.4 is 15.4 Å². The highest BCUT2D eigenvalue weighted by atomic mass is 16.5. The first-order chi connectivity index (χ1) is 14.1. The lowest BCUT2D eigenvalue weighted by Gasteiger charge is -2.19. The minimum atomic E-state index is -0.127. The molecule has 0 bridgehead atoms. The van der Waals surface area contributed by atoms with Crippen LogP contribution in [0.2, 0.25) is 0 Å². The SMILES string of the molecule is CCN(CC)CCOc1ccccc1NC(=O)CCCNC(=O)c1ccccc1. The molecule has 2 aromatic rings. The molecule has 2 rings (SSSR count). The third kappa shape index (κ3) is 7.95. The van der Waals surface area contributed by atoms with E-state index >= 15 is 0 Å². The summed E-state index contributed by atoms with van der Waals surface area (Å²) in [5.74, 6) is 0.446. The number of likely N-dealkylation sites (N-methyl/N-ethyl adjacent to an activating group) is 1. The molecule has 0 unspecified atom stereocenters. The Bertz CT molecular complexity index is 761. The summed E-state index contributed by atoms with van der Waals surface area (Å²) in [4.78, 5) is 26.5. The first kappa shape index (κ1) is 22.4. The molecule has 2 N–H and O–H groups in total. The molecule has 0 fully saturated rings. The minimum Gasteiger partial charge on any atom is -0.490 e. The quantitative estimate of drug-likeness (QED) is 0.537. The maximum atomic E-state index is 12.3. The Morgan fingerprint density at radius 1 is 0.966 bits per heavy atom. The van der Waals surface area contributed by atoms with Crippen LogP contribution in [0.3, 0.4) is 0 Å². The van der Waals surface area contributed by atoms with Crippen molar-refractivity contribution in [3.05, 3.63) is 60.2 Å². The summed E-state index contributed by atoms with van der Waals surface area (Å²) in [6, 6.07) is 16.5. The Balaban J connectivity index is 1.73. The van der Waals surface area contributed by atoms with E-state index in [1.54, 1.807) is 12.1 Å². The van der Waals surface area contributed by atoms with Crippen LogP contribution in [0, 0.1) is 0 Å². The van der Waals surface area contributed by atoms with Gasteiger partial charge in [0.1, 0.15) is 12.4 Å². The fraction of sp³-hybridized carbons (Fsp3) is 0.391. The number of hydrogen-bond acceptors (Lipinski definition) is 4. The summed E-state index contributed by atoms with van der Waals surface area (Å²) in [6.45, 7) is 8.08. The molecule has 0 radical (unpaired) electrons. The van der Waals surface area contributed by atoms with Crippen molar-refractivity contribution in [2.24, 2.45) is 0 Å². The van der Waals surface area contributed by atoms with Crippen LogP contribution in [0.15, 0.2) is 54.6 Å². The van der Waals surface area contributed by atoms with Crippen molar-refractivity contribution in [2.45, 2.75) is 26.7 Å². The van der Waals surface area contributed by atoms with Gasteiger partial charge in [0, 0.05) is 25.1 Å². The molecule has 0 aliphatic carbocycles. The van der Waals surface area contributed by atoms with Gasteiger partial charge in [0.2, 0.25) is 5.91 Å². The largest absolute Gasteiger partial charge is 0.490 e. The number of rotatable bonds is 12. The normalized spacial score (nSPS) is 10.6. The molecular formula is C23H31N3O3. The zero-order valence-corrected chi connectivity index (χ0v) is 17.3. The van der Waals surface area contributed by atoms with E-state index in [0.29, 0.717) is 43.0 Å². The number of para-hydroxylation sites is 2. The number of nitrogens with zero attached hydrogens (tertiary/aromatic N) is 1. The maximum Gasteiger partial charge on any atom is 0.251 e. The monoisotopic (exact) mass is 397 g/mol. The van der Waals surface area contributed by atoms with Crippen molar-refractivity contribution >= 4 is 17.5 Å². The number of carbonyl (C=O) groups excluding carboxylic acids is 2. The summed E-state index contributed by atoms with van der Waals surface area (Å²) in [5.41, 5.74) is 1.29. The van der Waals surface area contributed by atoms with Gasteiger partial charge in [-0.3, -0.25) is 9.59 Å². The molecule has 0 heterocycles. The topological polar surface area (TPSA) is 70.7 Å². The number of amides is 2. The first-order valence-corrected chi connectivity index (χ1v) is 10.2. The van der Waals surface area contributed by atoms with Gasteiger partial charge in [0.25, 0.3) is 5.91 Å². The second-order valence-corrected chi connectivity index (χ2v) is 6.65. The molecule has 0 aliphatic rings. The van der Waals surface area contributed by atoms with E-state index in [2.05, 4.69) is 29.4 Å². The fourth-order valence-electron chi connectivity index (χ4n) is 2.88. The maximum absolute atomic E-state index is 12.3. The third-order valence-corrected chi connectivity index (χ3v) is 4.62. The number of nitrogens with one attached hydrogen (secondary N) is 2. The molecule has 0 saturated heterocycles. The Morgan fingerprint density at radius 2 is 1.66 bits per heavy atom. The van der Waals surface area contributed by atoms with Crippen molar-refractivity contribution in [1.82, 2.24) is 10.2 Å². The lowest BCUT2D eigenvalue weighted by Crippen LogP contribution is -2.28. The van der Waals surface area contributed by atoms with Gasteiger partial charge < -0.3 is 20.3 Å². The van der Waals surface area contributed by atoms with Crippen LogP contribution in [-0.2, 0) is 4.79 Å². The van der Waals surface area contributed by atoms with Crippen molar-refractivity contribution in [1.29, 1.82) is 0 Å². The van der Waals surface area contributed by atoms with Gasteiger partial charge in [0.15, 0.2) is 0 Å². The zero-order chi connectivity index (χ0) is 20.9. The average molecular weight is 398 g/mol. The Morgan fingerprint density at radius 3 is 2.38 bits per heavy atom. The molecule has 0 aliphatic heterocycles. The predicted molar refractivity (Wildman–Crippen MR) is 116 cm³/mol. The van der Waals surface area contributed by atoms with E-state index in [9.17, 15) is 9.59 Å². The van der Waals surface area contributed by atoms with Crippen LogP contribution in [0.5, 0.6) is 5.75 Å². The van der Waals surface area contributed by atoms with Gasteiger partial charge in [-0.25, -0.2) is 0 Å². The molecule has 0 saturated carbocycles. The van der Waals surface area contributed by atoms with E-state index < -0.39 is 0 Å². The van der Waals surface area contributed by atoms with Crippen molar-refractivity contribution in [2.75, 3.05) is 38.1 Å². The van der Waals surface area contributed by atoms with Crippen molar-refractivity contribution in [3.63, 3.8) is 0 Å². The van der Waals surface area contributed by atoms with Crippen LogP contribution in [0.4, 0.5) is 5.69 Å². The van der Waals surface area contributed by atoms with Gasteiger partial charge >= 0.3 is 0 Å². The Kier molecular flexibility index (Phi) is 9.72. The average Bonchev–Trinajstić information content (AvgIpc) is 2.76. The highest BCUT2D eigenvalue weighted by Gasteiger charge is 2.09. The van der Waals surface area contributed by atoms with Crippen molar-refractivity contribution < 1.29 is 14.3 Å². The molecule has 0 aromatic heterocycles. The smallest absolute Gasteiger partial charge is 0.251 e. The second-order valence-electron chi connectivity index (χ2n) is 6.65. The molecule has 29 heavy (non-hydrogen) atoms. The summed E-state index contributed by atoms with van der Waals surface area (Å²) in [7, 11) is 0. The summed E-state index contributed by atoms with van der Waals surface area (Å²) >= 11 is 0. The van der Waals surface area contributed by atoms with Crippen LogP contribution in [-0.4, -0.2) is 49.5 Å². The van der Waals surface area contributed by atoms with E-state index in [4.69, 9.17) is 4.74 Å². The highest BCUT2D eigenvalue weighted by molar-refractivity contribution is 5.94. The molecule has 0 atom stereocenters. The van der Waals surface area contributed by atoms with Crippen LogP contribution >= 0.6 is 0 Å². The number of ether oxygens (including phenoxy) is 1. The van der Waals surface area contributed by atoms with Gasteiger partial charge in [-0.15, -0.1) is 0 Å². The molecule has 2 amide bonds. The van der Waals surface area contributed by atoms with Gasteiger partial charge in [0.05, 0.1) is 5.69 Å². The lowest BCUT2D eigenvalue weighted by molar-refractivity contribution is -0.116. The summed E-state index contributed by atoms with van der Waals surface area (Å²) < 4.78 is 5.86. The first-order valence-electron chi connectivity index (χ1n) is 10.2. The molecular weight excluding hydrogens is 366 g/mol. The third-order valence-electron chi connectivity index (χ3n) is 4.62. The summed E-state index contributed by atoms with van der Waals surface area (Å²) in [6.07, 6.45) is 0.887. The van der Waals surface area contributed by atoms with Crippen LogP contribution in [0.25, 0.3) is 0 Å². The fourth-order valence-corrected chi connectivity index (χ4v) is 2.88. The number of carbonyl (C=O) groups is 2. The Labute approximate surface area is 173 Å². The lowest BCUT2D eigenvalue weighted by atomic mass is 10.2. The van der Waals surface area contributed by atoms with Gasteiger partial charge in [-0.2, -0.15) is 0 Å². The molecule has 156 valence electrons. The van der Waals surface area contributed by atoms with E-state index in [0.717, 1.165) is 19.6 Å². The molecule has 6 heteroatoms. The Hall–Kier alpha value is -2.86. The van der Waals surface area contributed by atoms with Crippen LogP contribution in [0.1, 0.15) is 37.0 Å². The molecule has 0 spiro atoms. The second kappa shape index (κ2) is 12.6. The number of anilines is 1. The van der Waals surface area contributed by atoms with E-state index in [1.165, 1.54) is 0 Å². The van der Waals surface area contributed by atoms with Gasteiger partial charge in [-0.05, 0) is 43.8 Å². The highest BCUT2D eigenvalue weighted by Crippen LogP contribution is 2.24. The molecule has 6 nitrogen and oxygen atoms in total. The summed E-state index contributed by atoms with van der Waals surface area (Å²) in [5, 5.41) is 5.74. The van der Waals surface area contributed by atoms with E-state index in [-0.39, 0.29) is 11.8 Å². The predicted octanol–water partition coefficient (Wildman–Crippen LogP) is 3.56. The zero-order valence-electron chi connectivity index (χ0n) is 17.3. The number of benzene rings is 2. The standard InChI is InChI=1S/C23H31N3O3/c1-3-26(4-2)17-18-29-21-14-9-8-13-20(21)25-22(27)15-10-16-24-23(28)19-11-6-5-7-12-19/h5-9,11-14H,3-4,10,15-18H2,1-2H3,(H,24,28)(H,25,27). The van der Waals surface area contributed by atoms with Gasteiger partial charge in [-0.1, -0.05) is 44.2 Å².